The molecule has 6 nitrogen and oxygen atoms in total. The van der Waals surface area contributed by atoms with Gasteiger partial charge in [-0.1, -0.05) is 19.3 Å². The minimum absolute atomic E-state index is 0. The molecule has 0 spiro atoms. The van der Waals surface area contributed by atoms with Gasteiger partial charge < -0.3 is 20.5 Å². The van der Waals surface area contributed by atoms with Crippen molar-refractivity contribution in [3.63, 3.8) is 0 Å². The van der Waals surface area contributed by atoms with Crippen LogP contribution in [0.25, 0.3) is 0 Å². The molecule has 0 amide bonds. The van der Waals surface area contributed by atoms with Crippen LogP contribution in [-0.4, -0.2) is 85.6 Å². The Labute approximate surface area is 198 Å². The Morgan fingerprint density at radius 3 is 2.52 bits per heavy atom. The number of hydrogen-bond donors (Lipinski definition) is 3. The lowest BCUT2D eigenvalue weighted by Crippen LogP contribution is -2.60. The third-order valence-corrected chi connectivity index (χ3v) is 8.06. The molecule has 0 aromatic heterocycles. The van der Waals surface area contributed by atoms with Crippen molar-refractivity contribution in [2.75, 3.05) is 64.1 Å². The zero-order valence-corrected chi connectivity index (χ0v) is 21.2. The first kappa shape index (κ1) is 25.5. The van der Waals surface area contributed by atoms with E-state index in [0.29, 0.717) is 0 Å². The molecule has 170 valence electrons. The van der Waals surface area contributed by atoms with E-state index in [1.807, 2.05) is 0 Å². The van der Waals surface area contributed by atoms with Crippen LogP contribution in [0.4, 0.5) is 0 Å². The summed E-state index contributed by atoms with van der Waals surface area (Å²) in [7, 11) is 0. The van der Waals surface area contributed by atoms with Crippen molar-refractivity contribution >= 4 is 41.7 Å². The quantitative estimate of drug-likeness (QED) is 0.250. The Balaban J connectivity index is 0.00000300. The molecule has 0 radical (unpaired) electrons. The molecule has 0 aromatic carbocycles. The number of nitrogens with one attached hydrogen (secondary N) is 2. The van der Waals surface area contributed by atoms with Crippen LogP contribution in [0.15, 0.2) is 4.99 Å². The topological polar surface area (TPSA) is 69.1 Å². The molecule has 3 rings (SSSR count). The first-order valence-corrected chi connectivity index (χ1v) is 12.4. The number of ether oxygens (including phenoxy) is 1. The molecule has 29 heavy (non-hydrogen) atoms. The molecule has 2 saturated heterocycles. The van der Waals surface area contributed by atoms with Crippen LogP contribution < -0.4 is 10.6 Å². The number of aliphatic hydroxyl groups is 1. The lowest BCUT2D eigenvalue weighted by Gasteiger charge is -2.43. The summed E-state index contributed by atoms with van der Waals surface area (Å²) in [5.74, 6) is 3.37. The summed E-state index contributed by atoms with van der Waals surface area (Å²) in [4.78, 5) is 7.64. The Kier molecular flexibility index (Phi) is 11.4. The Morgan fingerprint density at radius 2 is 1.90 bits per heavy atom. The molecule has 0 bridgehead atoms. The lowest BCUT2D eigenvalue weighted by atomic mass is 9.72. The van der Waals surface area contributed by atoms with Gasteiger partial charge in [-0.25, -0.2) is 0 Å². The Hall–Kier alpha value is 0.230. The van der Waals surface area contributed by atoms with Crippen molar-refractivity contribution in [1.82, 2.24) is 15.5 Å². The minimum atomic E-state index is 0. The maximum atomic E-state index is 9.58. The highest BCUT2D eigenvalue weighted by molar-refractivity contribution is 14.0. The van der Waals surface area contributed by atoms with E-state index in [0.717, 1.165) is 58.3 Å². The Bertz CT molecular complexity index is 486. The second-order valence-corrected chi connectivity index (χ2v) is 9.81. The molecule has 1 saturated carbocycles. The van der Waals surface area contributed by atoms with E-state index in [2.05, 4.69) is 34.2 Å². The summed E-state index contributed by atoms with van der Waals surface area (Å²) in [5, 5.41) is 16.7. The van der Waals surface area contributed by atoms with E-state index in [1.54, 1.807) is 0 Å². The SMILES string of the molecule is CCNC(=NCC1(CCO)CCCCC1)NCC1(N2CCOCC2)CCSC1.I. The first-order valence-electron chi connectivity index (χ1n) is 11.3. The number of morpholine rings is 1. The zero-order valence-electron chi connectivity index (χ0n) is 18.1. The molecule has 2 aliphatic heterocycles. The summed E-state index contributed by atoms with van der Waals surface area (Å²) in [6.45, 7) is 8.82. The first-order chi connectivity index (χ1) is 13.7. The highest BCUT2D eigenvalue weighted by atomic mass is 127. The fraction of sp³-hybridized carbons (Fsp3) is 0.952. The second kappa shape index (κ2) is 12.9. The highest BCUT2D eigenvalue weighted by Crippen LogP contribution is 2.39. The van der Waals surface area contributed by atoms with Crippen LogP contribution in [-0.2, 0) is 4.74 Å². The molecule has 3 aliphatic rings. The van der Waals surface area contributed by atoms with Gasteiger partial charge in [-0.05, 0) is 43.8 Å². The average molecular weight is 541 g/mol. The van der Waals surface area contributed by atoms with E-state index in [4.69, 9.17) is 9.73 Å². The van der Waals surface area contributed by atoms with Crippen LogP contribution in [0, 0.1) is 5.41 Å². The number of aliphatic imine (C=N–C) groups is 1. The van der Waals surface area contributed by atoms with E-state index < -0.39 is 0 Å². The van der Waals surface area contributed by atoms with Crippen LogP contribution >= 0.6 is 35.7 Å². The molecular formula is C21H41IN4O2S. The second-order valence-electron chi connectivity index (χ2n) is 8.71. The Morgan fingerprint density at radius 1 is 1.14 bits per heavy atom. The molecule has 3 fully saturated rings. The number of aliphatic hydroxyl groups excluding tert-OH is 1. The van der Waals surface area contributed by atoms with Crippen molar-refractivity contribution in [1.29, 1.82) is 0 Å². The monoisotopic (exact) mass is 540 g/mol. The molecule has 1 atom stereocenters. The predicted octanol–water partition coefficient (Wildman–Crippen LogP) is 2.70. The van der Waals surface area contributed by atoms with Gasteiger partial charge in [-0.2, -0.15) is 11.8 Å². The molecule has 1 unspecified atom stereocenters. The van der Waals surface area contributed by atoms with Gasteiger partial charge in [0.2, 0.25) is 0 Å². The summed E-state index contributed by atoms with van der Waals surface area (Å²) in [6.07, 6.45) is 8.39. The lowest BCUT2D eigenvalue weighted by molar-refractivity contribution is -0.0120. The van der Waals surface area contributed by atoms with Gasteiger partial charge in [-0.15, -0.1) is 24.0 Å². The van der Waals surface area contributed by atoms with Gasteiger partial charge in [0.05, 0.1) is 13.2 Å². The van der Waals surface area contributed by atoms with Crippen molar-refractivity contribution in [3.8, 4) is 0 Å². The fourth-order valence-corrected chi connectivity index (χ4v) is 6.48. The van der Waals surface area contributed by atoms with Crippen molar-refractivity contribution in [2.45, 2.75) is 57.4 Å². The van der Waals surface area contributed by atoms with Crippen LogP contribution in [0.3, 0.4) is 0 Å². The predicted molar refractivity (Wildman–Crippen MR) is 134 cm³/mol. The van der Waals surface area contributed by atoms with Crippen LogP contribution in [0.1, 0.15) is 51.9 Å². The average Bonchev–Trinajstić information content (AvgIpc) is 3.22. The molecular weight excluding hydrogens is 499 g/mol. The van der Waals surface area contributed by atoms with Gasteiger partial charge >= 0.3 is 0 Å². The molecule has 1 aliphatic carbocycles. The van der Waals surface area contributed by atoms with Crippen molar-refractivity contribution in [2.24, 2.45) is 10.4 Å². The number of nitrogens with zero attached hydrogens (tertiary/aromatic N) is 2. The van der Waals surface area contributed by atoms with Crippen LogP contribution in [0.5, 0.6) is 0 Å². The summed E-state index contributed by atoms with van der Waals surface area (Å²) in [5.41, 5.74) is 0.415. The number of guanidine groups is 1. The number of rotatable bonds is 8. The maximum absolute atomic E-state index is 9.58. The summed E-state index contributed by atoms with van der Waals surface area (Å²) >= 11 is 2.07. The van der Waals surface area contributed by atoms with E-state index >= 15 is 0 Å². The van der Waals surface area contributed by atoms with Gasteiger partial charge in [-0.3, -0.25) is 9.89 Å². The minimum Gasteiger partial charge on any atom is -0.396 e. The highest BCUT2D eigenvalue weighted by Gasteiger charge is 2.40. The molecule has 2 heterocycles. The maximum Gasteiger partial charge on any atom is 0.191 e. The third kappa shape index (κ3) is 7.12. The fourth-order valence-electron chi connectivity index (χ4n) is 5.00. The van der Waals surface area contributed by atoms with Crippen LogP contribution in [0.2, 0.25) is 0 Å². The zero-order chi connectivity index (χ0) is 19.7. The number of thioether (sulfide) groups is 1. The molecule has 3 N–H and O–H groups in total. The van der Waals surface area contributed by atoms with Gasteiger partial charge in [0.25, 0.3) is 0 Å². The summed E-state index contributed by atoms with van der Waals surface area (Å²) < 4.78 is 5.58. The van der Waals surface area contributed by atoms with Gasteiger partial charge in [0, 0.05) is 50.6 Å². The normalized spacial score (nSPS) is 28.0. The van der Waals surface area contributed by atoms with E-state index in [1.165, 1.54) is 50.0 Å². The summed E-state index contributed by atoms with van der Waals surface area (Å²) in [6, 6.07) is 0. The number of halogens is 1. The van der Waals surface area contributed by atoms with E-state index in [-0.39, 0.29) is 41.5 Å². The smallest absolute Gasteiger partial charge is 0.191 e. The van der Waals surface area contributed by atoms with Gasteiger partial charge in [0.15, 0.2) is 5.96 Å². The van der Waals surface area contributed by atoms with Crippen molar-refractivity contribution < 1.29 is 9.84 Å². The number of hydrogen-bond acceptors (Lipinski definition) is 5. The third-order valence-electron chi connectivity index (χ3n) is 6.82. The standard InChI is InChI=1S/C21H40N4O2S.HI/c1-2-22-19(23-16-20(8-12-26)6-4-3-5-7-20)24-17-21(9-15-28-18-21)25-10-13-27-14-11-25;/h26H,2-18H2,1H3,(H2,22,23,24);1H. The molecule has 0 aromatic rings. The van der Waals surface area contributed by atoms with Gasteiger partial charge in [0.1, 0.15) is 0 Å². The van der Waals surface area contributed by atoms with Crippen molar-refractivity contribution in [3.05, 3.63) is 0 Å². The van der Waals surface area contributed by atoms with E-state index in [9.17, 15) is 5.11 Å². The molecule has 8 heteroatoms. The largest absolute Gasteiger partial charge is 0.396 e.